The average Bonchev–Trinajstić information content (AvgIpc) is 3.11. The Morgan fingerprint density at radius 2 is 1.96 bits per heavy atom. The van der Waals surface area contributed by atoms with Crippen molar-refractivity contribution >= 4 is 17.2 Å². The normalized spacial score (nSPS) is 10.6. The number of carbonyl (C=O) groups is 1. The second-order valence-corrected chi connectivity index (χ2v) is 6.10. The van der Waals surface area contributed by atoms with Crippen molar-refractivity contribution in [3.8, 4) is 10.8 Å². The highest BCUT2D eigenvalue weighted by molar-refractivity contribution is 7.13. The first kappa shape index (κ1) is 17.1. The molecule has 0 aliphatic heterocycles. The van der Waals surface area contributed by atoms with Crippen LogP contribution in [0.1, 0.15) is 17.7 Å². The topological polar surface area (TPSA) is 67.8 Å². The molecule has 3 aromatic rings. The van der Waals surface area contributed by atoms with E-state index in [-0.39, 0.29) is 12.3 Å². The molecule has 3 rings (SSSR count). The molecule has 2 aromatic heterocycles. The summed E-state index contributed by atoms with van der Waals surface area (Å²) in [5.74, 6) is -1.44. The van der Waals surface area contributed by atoms with Crippen LogP contribution in [0.5, 0.6) is 0 Å². The largest absolute Gasteiger partial charge is 0.350 e. The molecule has 1 N–H and O–H groups in total. The summed E-state index contributed by atoms with van der Waals surface area (Å²) in [6.07, 6.45) is 3.81. The Morgan fingerprint density at radius 1 is 1.16 bits per heavy atom. The Bertz CT molecular complexity index is 870. The first-order valence-corrected chi connectivity index (χ1v) is 8.42. The van der Waals surface area contributed by atoms with Gasteiger partial charge >= 0.3 is 0 Å². The molecule has 0 atom stereocenters. The Morgan fingerprint density at radius 3 is 2.72 bits per heavy atom. The summed E-state index contributed by atoms with van der Waals surface area (Å²) in [7, 11) is 0. The number of hydrogen-bond acceptors (Lipinski definition) is 5. The minimum Gasteiger partial charge on any atom is -0.350 e. The third-order valence-electron chi connectivity index (χ3n) is 3.40. The number of aromatic nitrogens is 3. The zero-order valence-electron chi connectivity index (χ0n) is 13.1. The molecule has 0 fully saturated rings. The molecule has 0 saturated carbocycles. The van der Waals surface area contributed by atoms with Gasteiger partial charge in [-0.3, -0.25) is 4.79 Å². The predicted molar refractivity (Wildman–Crippen MR) is 89.7 cm³/mol. The van der Waals surface area contributed by atoms with E-state index in [9.17, 15) is 13.6 Å². The minimum absolute atomic E-state index is 0.184. The zero-order chi connectivity index (χ0) is 17.6. The highest BCUT2D eigenvalue weighted by Gasteiger charge is 2.09. The van der Waals surface area contributed by atoms with E-state index >= 15 is 0 Å². The van der Waals surface area contributed by atoms with E-state index in [1.165, 1.54) is 17.4 Å². The molecule has 128 valence electrons. The smallest absolute Gasteiger partial charge is 0.220 e. The lowest BCUT2D eigenvalue weighted by Gasteiger charge is -2.04. The van der Waals surface area contributed by atoms with Gasteiger partial charge in [-0.2, -0.15) is 0 Å². The summed E-state index contributed by atoms with van der Waals surface area (Å²) in [6.45, 7) is 0.292. The number of thiazole rings is 1. The predicted octanol–water partition coefficient (Wildman–Crippen LogP) is 3.13. The van der Waals surface area contributed by atoms with Gasteiger partial charge in [0, 0.05) is 24.2 Å². The van der Waals surface area contributed by atoms with Gasteiger partial charge in [0.2, 0.25) is 5.91 Å². The third kappa shape index (κ3) is 4.63. The third-order valence-corrected chi connectivity index (χ3v) is 4.29. The molecule has 0 aliphatic rings. The maximum absolute atomic E-state index is 13.1. The van der Waals surface area contributed by atoms with Gasteiger partial charge in [0.15, 0.2) is 22.5 Å². The minimum atomic E-state index is -0.906. The van der Waals surface area contributed by atoms with Gasteiger partial charge in [-0.15, -0.1) is 11.3 Å². The Balaban J connectivity index is 1.49. The molecule has 0 radical (unpaired) electrons. The van der Waals surface area contributed by atoms with Gasteiger partial charge in [-0.1, -0.05) is 6.07 Å². The maximum Gasteiger partial charge on any atom is 0.220 e. The van der Waals surface area contributed by atoms with Crippen LogP contribution in [0.2, 0.25) is 0 Å². The Kier molecular flexibility index (Phi) is 5.39. The number of halogens is 2. The molecule has 2 heterocycles. The SMILES string of the molecule is O=C(CCc1ccc(F)c(F)c1)NCc1csc(-c2ncccn2)n1. The number of aryl methyl sites for hydroxylation is 1. The summed E-state index contributed by atoms with van der Waals surface area (Å²) in [5.41, 5.74) is 1.29. The van der Waals surface area contributed by atoms with E-state index in [0.29, 0.717) is 35.1 Å². The van der Waals surface area contributed by atoms with E-state index in [4.69, 9.17) is 0 Å². The summed E-state index contributed by atoms with van der Waals surface area (Å²) < 4.78 is 26.0. The molecule has 0 bridgehead atoms. The molecule has 5 nitrogen and oxygen atoms in total. The van der Waals surface area contributed by atoms with E-state index in [1.807, 2.05) is 5.38 Å². The van der Waals surface area contributed by atoms with Crippen LogP contribution in [0.25, 0.3) is 10.8 Å². The molecule has 1 amide bonds. The van der Waals surface area contributed by atoms with Crippen LogP contribution in [0, 0.1) is 11.6 Å². The van der Waals surface area contributed by atoms with Crippen molar-refractivity contribution in [2.45, 2.75) is 19.4 Å². The van der Waals surface area contributed by atoms with Crippen molar-refractivity contribution in [1.29, 1.82) is 0 Å². The van der Waals surface area contributed by atoms with Gasteiger partial charge in [-0.05, 0) is 30.2 Å². The number of amides is 1. The van der Waals surface area contributed by atoms with Crippen LogP contribution in [0.3, 0.4) is 0 Å². The van der Waals surface area contributed by atoms with Gasteiger partial charge in [0.1, 0.15) is 0 Å². The fourth-order valence-corrected chi connectivity index (χ4v) is 2.90. The molecule has 0 spiro atoms. The van der Waals surface area contributed by atoms with Gasteiger partial charge < -0.3 is 5.32 Å². The van der Waals surface area contributed by atoms with Crippen molar-refractivity contribution in [2.24, 2.45) is 0 Å². The standard InChI is InChI=1S/C17H14F2N4OS/c18-13-4-2-11(8-14(13)19)3-5-15(24)22-9-12-10-25-17(23-12)16-20-6-1-7-21-16/h1-2,4,6-8,10H,3,5,9H2,(H,22,24). The van der Waals surface area contributed by atoms with Crippen molar-refractivity contribution in [3.63, 3.8) is 0 Å². The second kappa shape index (κ2) is 7.89. The maximum atomic E-state index is 13.1. The van der Waals surface area contributed by atoms with E-state index < -0.39 is 11.6 Å². The summed E-state index contributed by atoms with van der Waals surface area (Å²) in [6, 6.07) is 5.36. The average molecular weight is 360 g/mol. The van der Waals surface area contributed by atoms with E-state index in [0.717, 1.165) is 12.1 Å². The van der Waals surface area contributed by atoms with Crippen molar-refractivity contribution in [1.82, 2.24) is 20.3 Å². The lowest BCUT2D eigenvalue weighted by Crippen LogP contribution is -2.23. The fraction of sp³-hybridized carbons (Fsp3) is 0.176. The van der Waals surface area contributed by atoms with Crippen LogP contribution >= 0.6 is 11.3 Å². The molecule has 8 heteroatoms. The van der Waals surface area contributed by atoms with Crippen LogP contribution in [0.4, 0.5) is 8.78 Å². The van der Waals surface area contributed by atoms with Crippen molar-refractivity contribution in [3.05, 3.63) is 64.9 Å². The van der Waals surface area contributed by atoms with Gasteiger partial charge in [-0.25, -0.2) is 23.7 Å². The molecular formula is C17H14F2N4OS. The second-order valence-electron chi connectivity index (χ2n) is 5.24. The molecule has 25 heavy (non-hydrogen) atoms. The summed E-state index contributed by atoms with van der Waals surface area (Å²) >= 11 is 1.40. The zero-order valence-corrected chi connectivity index (χ0v) is 13.9. The lowest BCUT2D eigenvalue weighted by molar-refractivity contribution is -0.121. The van der Waals surface area contributed by atoms with E-state index in [2.05, 4.69) is 20.3 Å². The Hall–Kier alpha value is -2.74. The van der Waals surface area contributed by atoms with Crippen LogP contribution in [-0.2, 0) is 17.8 Å². The van der Waals surface area contributed by atoms with Gasteiger partial charge in [0.05, 0.1) is 12.2 Å². The lowest BCUT2D eigenvalue weighted by atomic mass is 10.1. The first-order chi connectivity index (χ1) is 12.1. The summed E-state index contributed by atoms with van der Waals surface area (Å²) in [4.78, 5) is 24.5. The van der Waals surface area contributed by atoms with Crippen LogP contribution < -0.4 is 5.32 Å². The number of nitrogens with one attached hydrogen (secondary N) is 1. The molecule has 0 unspecified atom stereocenters. The summed E-state index contributed by atoms with van der Waals surface area (Å²) in [5, 5.41) is 5.28. The number of carbonyl (C=O) groups excluding carboxylic acids is 1. The number of benzene rings is 1. The van der Waals surface area contributed by atoms with Crippen molar-refractivity contribution < 1.29 is 13.6 Å². The quantitative estimate of drug-likeness (QED) is 0.733. The highest BCUT2D eigenvalue weighted by Crippen LogP contribution is 2.19. The van der Waals surface area contributed by atoms with Crippen molar-refractivity contribution in [2.75, 3.05) is 0 Å². The van der Waals surface area contributed by atoms with Gasteiger partial charge in [0.25, 0.3) is 0 Å². The number of hydrogen-bond donors (Lipinski definition) is 1. The van der Waals surface area contributed by atoms with E-state index in [1.54, 1.807) is 18.5 Å². The number of rotatable bonds is 6. The van der Waals surface area contributed by atoms with Crippen LogP contribution in [0.15, 0.2) is 42.0 Å². The fourth-order valence-electron chi connectivity index (χ4n) is 2.13. The molecule has 0 aliphatic carbocycles. The molecule has 1 aromatic carbocycles. The molecule has 0 saturated heterocycles. The first-order valence-electron chi connectivity index (χ1n) is 7.54. The molecular weight excluding hydrogens is 346 g/mol. The number of nitrogens with zero attached hydrogens (tertiary/aromatic N) is 3. The van der Waals surface area contributed by atoms with Crippen LogP contribution in [-0.4, -0.2) is 20.9 Å². The highest BCUT2D eigenvalue weighted by atomic mass is 32.1. The monoisotopic (exact) mass is 360 g/mol. The Labute approximate surface area is 146 Å².